The molecule has 4 rings (SSSR count). The second-order valence-corrected chi connectivity index (χ2v) is 7.19. The van der Waals surface area contributed by atoms with E-state index >= 15 is 0 Å². The van der Waals surface area contributed by atoms with Gasteiger partial charge in [-0.15, -0.1) is 5.06 Å². The van der Waals surface area contributed by atoms with Crippen molar-refractivity contribution in [2.24, 2.45) is 0 Å². The van der Waals surface area contributed by atoms with Crippen LogP contribution >= 0.6 is 0 Å². The number of nitrogens with zero attached hydrogens (tertiary/aromatic N) is 1. The molecule has 1 heterocycles. The van der Waals surface area contributed by atoms with Gasteiger partial charge >= 0.3 is 5.97 Å². The Kier molecular flexibility index (Phi) is 5.14. The number of likely N-dealkylation sites (N-methyl/N-ethyl adjacent to an activating group) is 1. The minimum atomic E-state index is -1.26. The van der Waals surface area contributed by atoms with Gasteiger partial charge in [-0.05, 0) is 23.3 Å². The van der Waals surface area contributed by atoms with Gasteiger partial charge in [0.1, 0.15) is 6.04 Å². The van der Waals surface area contributed by atoms with Crippen LogP contribution in [0.5, 0.6) is 0 Å². The van der Waals surface area contributed by atoms with E-state index in [9.17, 15) is 9.59 Å². The number of amides is 1. The van der Waals surface area contributed by atoms with Crippen molar-refractivity contribution in [1.29, 1.82) is 0 Å². The van der Waals surface area contributed by atoms with Crippen molar-refractivity contribution >= 4 is 11.9 Å². The van der Waals surface area contributed by atoms with E-state index in [1.54, 1.807) is 31.3 Å². The van der Waals surface area contributed by atoms with Gasteiger partial charge in [0.15, 0.2) is 5.54 Å². The maximum Gasteiger partial charge on any atom is 0.353 e. The SMILES string of the molecule is CN1OC(=O)[C@@](Cc2ccccc2)(NC(=O)c2ccccc2)[C@@H]1c1ccccc1. The van der Waals surface area contributed by atoms with Crippen molar-refractivity contribution in [3.05, 3.63) is 108 Å². The number of hydroxylamine groups is 2. The Labute approximate surface area is 169 Å². The first-order chi connectivity index (χ1) is 14.1. The number of nitrogens with one attached hydrogen (secondary N) is 1. The summed E-state index contributed by atoms with van der Waals surface area (Å²) in [6.45, 7) is 0. The van der Waals surface area contributed by atoms with Crippen LogP contribution in [0.1, 0.15) is 27.5 Å². The van der Waals surface area contributed by atoms with Crippen LogP contribution in [0.25, 0.3) is 0 Å². The molecule has 1 aliphatic heterocycles. The quantitative estimate of drug-likeness (QED) is 0.729. The summed E-state index contributed by atoms with van der Waals surface area (Å²) in [4.78, 5) is 31.8. The Hall–Kier alpha value is -3.44. The number of rotatable bonds is 5. The Balaban J connectivity index is 1.80. The highest BCUT2D eigenvalue weighted by atomic mass is 16.7. The first-order valence-electron chi connectivity index (χ1n) is 9.52. The summed E-state index contributed by atoms with van der Waals surface area (Å²) in [5.74, 6) is -0.781. The van der Waals surface area contributed by atoms with Gasteiger partial charge in [-0.25, -0.2) is 4.79 Å². The van der Waals surface area contributed by atoms with Crippen LogP contribution in [-0.4, -0.2) is 29.5 Å². The van der Waals surface area contributed by atoms with Gasteiger partial charge in [-0.1, -0.05) is 78.9 Å². The molecule has 146 valence electrons. The zero-order chi connectivity index (χ0) is 20.3. The number of hydrogen-bond acceptors (Lipinski definition) is 4. The summed E-state index contributed by atoms with van der Waals surface area (Å²) in [7, 11) is 1.72. The summed E-state index contributed by atoms with van der Waals surface area (Å²) in [5.41, 5.74) is 1.07. The topological polar surface area (TPSA) is 58.6 Å². The van der Waals surface area contributed by atoms with Crippen LogP contribution in [0.4, 0.5) is 0 Å². The van der Waals surface area contributed by atoms with Crippen molar-refractivity contribution in [3.8, 4) is 0 Å². The summed E-state index contributed by atoms with van der Waals surface area (Å²) >= 11 is 0. The van der Waals surface area contributed by atoms with Crippen LogP contribution in [0.3, 0.4) is 0 Å². The van der Waals surface area contributed by atoms with Crippen LogP contribution in [0.2, 0.25) is 0 Å². The summed E-state index contributed by atoms with van der Waals surface area (Å²) < 4.78 is 0. The third-order valence-corrected chi connectivity index (χ3v) is 5.24. The van der Waals surface area contributed by atoms with Gasteiger partial charge < -0.3 is 10.2 Å². The normalized spacial score (nSPS) is 21.6. The zero-order valence-corrected chi connectivity index (χ0v) is 16.1. The Bertz CT molecular complexity index is 992. The second-order valence-electron chi connectivity index (χ2n) is 7.19. The molecule has 0 aliphatic carbocycles. The molecule has 0 radical (unpaired) electrons. The van der Waals surface area contributed by atoms with Crippen LogP contribution < -0.4 is 5.32 Å². The van der Waals surface area contributed by atoms with Gasteiger partial charge in [-0.2, -0.15) is 0 Å². The van der Waals surface area contributed by atoms with E-state index in [4.69, 9.17) is 4.84 Å². The van der Waals surface area contributed by atoms with Crippen molar-refractivity contribution in [2.75, 3.05) is 7.05 Å². The molecule has 5 nitrogen and oxygen atoms in total. The first-order valence-corrected chi connectivity index (χ1v) is 9.52. The van der Waals surface area contributed by atoms with Gasteiger partial charge in [0.05, 0.1) is 0 Å². The van der Waals surface area contributed by atoms with Gasteiger partial charge in [-0.3, -0.25) is 4.79 Å². The largest absolute Gasteiger partial charge is 0.365 e. The van der Waals surface area contributed by atoms with E-state index < -0.39 is 17.6 Å². The molecule has 3 aromatic carbocycles. The third-order valence-electron chi connectivity index (χ3n) is 5.24. The molecule has 1 N–H and O–H groups in total. The lowest BCUT2D eigenvalue weighted by Gasteiger charge is -2.33. The summed E-state index contributed by atoms with van der Waals surface area (Å²) in [6, 6.07) is 27.7. The predicted octanol–water partition coefficient (Wildman–Crippen LogP) is 3.54. The fraction of sp³-hybridized carbons (Fsp3) is 0.167. The molecule has 5 heteroatoms. The van der Waals surface area contributed by atoms with Crippen molar-refractivity contribution in [1.82, 2.24) is 10.4 Å². The highest BCUT2D eigenvalue weighted by Gasteiger charge is 2.57. The van der Waals surface area contributed by atoms with E-state index in [1.165, 1.54) is 5.06 Å². The minimum Gasteiger partial charge on any atom is -0.365 e. The molecule has 2 atom stereocenters. The molecule has 1 fully saturated rings. The number of carbonyl (C=O) groups is 2. The Morgan fingerprint density at radius 3 is 2.10 bits per heavy atom. The molecule has 0 bridgehead atoms. The fourth-order valence-corrected chi connectivity index (χ4v) is 3.93. The molecular formula is C24H22N2O3. The number of benzene rings is 3. The molecule has 1 aliphatic rings. The predicted molar refractivity (Wildman–Crippen MR) is 110 cm³/mol. The summed E-state index contributed by atoms with van der Waals surface area (Å²) in [6.07, 6.45) is 0.315. The van der Waals surface area contributed by atoms with Gasteiger partial charge in [0.2, 0.25) is 0 Å². The molecule has 0 saturated carbocycles. The van der Waals surface area contributed by atoms with Crippen molar-refractivity contribution in [2.45, 2.75) is 18.0 Å². The molecular weight excluding hydrogens is 364 g/mol. The second kappa shape index (κ2) is 7.89. The lowest BCUT2D eigenvalue weighted by atomic mass is 9.80. The monoisotopic (exact) mass is 386 g/mol. The van der Waals surface area contributed by atoms with Crippen LogP contribution in [0, 0.1) is 0 Å². The first kappa shape index (κ1) is 18.9. The van der Waals surface area contributed by atoms with E-state index in [2.05, 4.69) is 5.32 Å². The standard InChI is InChI=1S/C24H22N2O3/c1-26-21(19-13-7-3-8-14-19)24(23(28)29-26,17-18-11-5-2-6-12-18)25-22(27)20-15-9-4-10-16-20/h2-16,21H,17H2,1H3,(H,25,27)/t21-,24-/m0/s1. The van der Waals surface area contributed by atoms with Gasteiger partial charge in [0.25, 0.3) is 5.91 Å². The van der Waals surface area contributed by atoms with E-state index in [0.29, 0.717) is 12.0 Å². The molecule has 0 aromatic heterocycles. The lowest BCUT2D eigenvalue weighted by Crippen LogP contribution is -2.57. The fourth-order valence-electron chi connectivity index (χ4n) is 3.93. The molecule has 0 unspecified atom stereocenters. The van der Waals surface area contributed by atoms with Crippen molar-refractivity contribution < 1.29 is 14.4 Å². The van der Waals surface area contributed by atoms with E-state index in [1.807, 2.05) is 66.7 Å². The van der Waals surface area contributed by atoms with E-state index in [0.717, 1.165) is 11.1 Å². The lowest BCUT2D eigenvalue weighted by molar-refractivity contribution is -0.170. The Morgan fingerprint density at radius 2 is 1.48 bits per heavy atom. The molecule has 1 saturated heterocycles. The minimum absolute atomic E-state index is 0.310. The highest BCUT2D eigenvalue weighted by Crippen LogP contribution is 2.40. The van der Waals surface area contributed by atoms with Crippen molar-refractivity contribution in [3.63, 3.8) is 0 Å². The van der Waals surface area contributed by atoms with E-state index in [-0.39, 0.29) is 5.91 Å². The van der Waals surface area contributed by atoms with Crippen LogP contribution in [-0.2, 0) is 16.1 Å². The van der Waals surface area contributed by atoms with Crippen LogP contribution in [0.15, 0.2) is 91.0 Å². The molecule has 1 amide bonds. The Morgan fingerprint density at radius 1 is 0.931 bits per heavy atom. The average molecular weight is 386 g/mol. The average Bonchev–Trinajstić information content (AvgIpc) is 2.99. The maximum absolute atomic E-state index is 13.2. The number of hydrogen-bond donors (Lipinski definition) is 1. The summed E-state index contributed by atoms with van der Waals surface area (Å²) in [5, 5.41) is 4.56. The molecule has 29 heavy (non-hydrogen) atoms. The zero-order valence-electron chi connectivity index (χ0n) is 16.1. The number of carbonyl (C=O) groups excluding carboxylic acids is 2. The van der Waals surface area contributed by atoms with Gasteiger partial charge in [0, 0.05) is 19.0 Å². The molecule has 0 spiro atoms. The smallest absolute Gasteiger partial charge is 0.353 e. The highest BCUT2D eigenvalue weighted by molar-refractivity contribution is 5.99. The molecule has 3 aromatic rings. The maximum atomic E-state index is 13.2. The third kappa shape index (κ3) is 3.65.